The third kappa shape index (κ3) is 4.16. The van der Waals surface area contributed by atoms with Gasteiger partial charge in [0.1, 0.15) is 5.01 Å². The number of nitrogens with one attached hydrogen (secondary N) is 1. The van der Waals surface area contributed by atoms with Crippen molar-refractivity contribution in [2.45, 2.75) is 33.2 Å². The molecule has 1 aromatic carbocycles. The molecule has 3 heterocycles. The van der Waals surface area contributed by atoms with Crippen molar-refractivity contribution in [2.24, 2.45) is 0 Å². The summed E-state index contributed by atoms with van der Waals surface area (Å²) in [5.74, 6) is -0.0398. The lowest BCUT2D eigenvalue weighted by Crippen LogP contribution is -2.28. The average Bonchev–Trinajstić information content (AvgIpc) is 3.36. The van der Waals surface area contributed by atoms with Crippen molar-refractivity contribution in [1.82, 2.24) is 25.1 Å². The van der Waals surface area contributed by atoms with Crippen LogP contribution in [0.4, 0.5) is 0 Å². The molecule has 1 N–H and O–H groups in total. The van der Waals surface area contributed by atoms with Crippen LogP contribution in [0.15, 0.2) is 60.2 Å². The second-order valence-electron chi connectivity index (χ2n) is 7.17. The maximum atomic E-state index is 12.7. The predicted octanol–water partition coefficient (Wildman–Crippen LogP) is 4.43. The van der Waals surface area contributed by atoms with E-state index in [-0.39, 0.29) is 18.4 Å². The summed E-state index contributed by atoms with van der Waals surface area (Å²) >= 11 is 1.55. The number of aromatic nitrogens is 4. The van der Waals surface area contributed by atoms with E-state index in [1.54, 1.807) is 23.7 Å². The van der Waals surface area contributed by atoms with Gasteiger partial charge in [-0.25, -0.2) is 9.67 Å². The maximum Gasteiger partial charge on any atom is 0.225 e. The van der Waals surface area contributed by atoms with Crippen molar-refractivity contribution >= 4 is 17.2 Å². The Morgan fingerprint density at radius 1 is 1.13 bits per heavy atom. The Morgan fingerprint density at radius 2 is 1.87 bits per heavy atom. The average molecular weight is 418 g/mol. The topological polar surface area (TPSA) is 72.7 Å². The zero-order chi connectivity index (χ0) is 21.1. The summed E-state index contributed by atoms with van der Waals surface area (Å²) in [6.45, 7) is 5.90. The SMILES string of the molecule is Cc1nn(-c2ccccc2)c(C)c1CC(=O)NC(C)c1nc(-c2ccncc2)cs1. The lowest BCUT2D eigenvalue weighted by Gasteiger charge is -2.11. The summed E-state index contributed by atoms with van der Waals surface area (Å²) in [5, 5.41) is 10.6. The highest BCUT2D eigenvalue weighted by Gasteiger charge is 2.19. The molecule has 6 nitrogen and oxygen atoms in total. The number of benzene rings is 1. The lowest BCUT2D eigenvalue weighted by atomic mass is 10.1. The smallest absolute Gasteiger partial charge is 0.225 e. The minimum atomic E-state index is -0.164. The first-order chi connectivity index (χ1) is 14.5. The standard InChI is InChI=1S/C23H23N5OS/c1-15-20(17(3)28(27-15)19-7-5-4-6-8-19)13-22(29)25-16(2)23-26-21(14-30-23)18-9-11-24-12-10-18/h4-12,14,16H,13H2,1-3H3,(H,25,29). The van der Waals surface area contributed by atoms with Gasteiger partial charge in [0.2, 0.25) is 5.91 Å². The lowest BCUT2D eigenvalue weighted by molar-refractivity contribution is -0.121. The van der Waals surface area contributed by atoms with Gasteiger partial charge in [-0.15, -0.1) is 11.3 Å². The first kappa shape index (κ1) is 20.0. The van der Waals surface area contributed by atoms with E-state index < -0.39 is 0 Å². The van der Waals surface area contributed by atoms with E-state index in [4.69, 9.17) is 0 Å². The molecule has 0 saturated heterocycles. The monoisotopic (exact) mass is 417 g/mol. The summed E-state index contributed by atoms with van der Waals surface area (Å²) in [5.41, 5.74) is 5.72. The van der Waals surface area contributed by atoms with Crippen molar-refractivity contribution in [1.29, 1.82) is 0 Å². The molecular weight excluding hydrogens is 394 g/mol. The molecule has 4 rings (SSSR count). The fraction of sp³-hybridized carbons (Fsp3) is 0.217. The normalized spacial score (nSPS) is 12.0. The Morgan fingerprint density at radius 3 is 2.60 bits per heavy atom. The summed E-state index contributed by atoms with van der Waals surface area (Å²) in [4.78, 5) is 21.5. The predicted molar refractivity (Wildman–Crippen MR) is 119 cm³/mol. The minimum absolute atomic E-state index is 0.0398. The van der Waals surface area contributed by atoms with Crippen LogP contribution >= 0.6 is 11.3 Å². The number of pyridine rings is 1. The van der Waals surface area contributed by atoms with Crippen LogP contribution in [-0.4, -0.2) is 25.7 Å². The number of nitrogens with zero attached hydrogens (tertiary/aromatic N) is 4. The number of carbonyl (C=O) groups is 1. The Kier molecular flexibility index (Phi) is 5.72. The van der Waals surface area contributed by atoms with Gasteiger partial charge in [0.05, 0.1) is 29.5 Å². The third-order valence-corrected chi connectivity index (χ3v) is 6.05. The highest BCUT2D eigenvalue weighted by Crippen LogP contribution is 2.25. The molecule has 0 radical (unpaired) electrons. The van der Waals surface area contributed by atoms with Crippen LogP contribution < -0.4 is 5.32 Å². The van der Waals surface area contributed by atoms with E-state index in [9.17, 15) is 4.79 Å². The largest absolute Gasteiger partial charge is 0.347 e. The second-order valence-corrected chi connectivity index (χ2v) is 8.06. The van der Waals surface area contributed by atoms with E-state index >= 15 is 0 Å². The van der Waals surface area contributed by atoms with Crippen LogP contribution in [0.1, 0.15) is 34.9 Å². The Bertz CT molecular complexity index is 1150. The zero-order valence-corrected chi connectivity index (χ0v) is 18.0. The number of hydrogen-bond donors (Lipinski definition) is 1. The first-order valence-electron chi connectivity index (χ1n) is 9.78. The van der Waals surface area contributed by atoms with Crippen molar-refractivity contribution in [2.75, 3.05) is 0 Å². The van der Waals surface area contributed by atoms with Crippen molar-refractivity contribution in [3.05, 3.63) is 82.2 Å². The summed E-state index contributed by atoms with van der Waals surface area (Å²) in [6, 6.07) is 13.6. The van der Waals surface area contributed by atoms with E-state index in [0.29, 0.717) is 0 Å². The Labute approximate surface area is 179 Å². The Balaban J connectivity index is 1.45. The fourth-order valence-electron chi connectivity index (χ4n) is 3.41. The molecule has 4 aromatic rings. The molecule has 0 saturated carbocycles. The van der Waals surface area contributed by atoms with Gasteiger partial charge < -0.3 is 5.32 Å². The van der Waals surface area contributed by atoms with Crippen LogP contribution in [0.25, 0.3) is 16.9 Å². The van der Waals surface area contributed by atoms with Crippen LogP contribution in [0.5, 0.6) is 0 Å². The number of thiazole rings is 1. The molecule has 30 heavy (non-hydrogen) atoms. The summed E-state index contributed by atoms with van der Waals surface area (Å²) in [7, 11) is 0. The van der Waals surface area contributed by atoms with Crippen LogP contribution in [-0.2, 0) is 11.2 Å². The van der Waals surface area contributed by atoms with Gasteiger partial charge >= 0.3 is 0 Å². The maximum absolute atomic E-state index is 12.7. The van der Waals surface area contributed by atoms with Crippen LogP contribution in [0.3, 0.4) is 0 Å². The van der Waals surface area contributed by atoms with Crippen LogP contribution in [0, 0.1) is 13.8 Å². The Hall–Kier alpha value is -3.32. The molecule has 0 spiro atoms. The summed E-state index contributed by atoms with van der Waals surface area (Å²) in [6.07, 6.45) is 3.79. The number of hydrogen-bond acceptors (Lipinski definition) is 5. The molecule has 1 atom stereocenters. The van der Waals surface area contributed by atoms with Gasteiger partial charge in [-0.1, -0.05) is 18.2 Å². The molecule has 0 aliphatic carbocycles. The highest BCUT2D eigenvalue weighted by molar-refractivity contribution is 7.10. The molecule has 0 aliphatic heterocycles. The van der Waals surface area contributed by atoms with Gasteiger partial charge in [-0.2, -0.15) is 5.10 Å². The van der Waals surface area contributed by atoms with Crippen molar-refractivity contribution in [3.63, 3.8) is 0 Å². The van der Waals surface area contributed by atoms with Crippen molar-refractivity contribution in [3.8, 4) is 16.9 Å². The highest BCUT2D eigenvalue weighted by atomic mass is 32.1. The molecule has 7 heteroatoms. The molecule has 152 valence electrons. The molecule has 3 aromatic heterocycles. The van der Waals surface area contributed by atoms with E-state index in [1.807, 2.05) is 73.3 Å². The summed E-state index contributed by atoms with van der Waals surface area (Å²) < 4.78 is 1.89. The number of carbonyl (C=O) groups excluding carboxylic acids is 1. The number of para-hydroxylation sites is 1. The number of aryl methyl sites for hydroxylation is 1. The second kappa shape index (κ2) is 8.59. The van der Waals surface area contributed by atoms with Crippen molar-refractivity contribution < 1.29 is 4.79 Å². The molecule has 0 aliphatic rings. The molecule has 1 amide bonds. The van der Waals surface area contributed by atoms with Gasteiger partial charge in [0.15, 0.2) is 0 Å². The number of amides is 1. The van der Waals surface area contributed by atoms with E-state index in [2.05, 4.69) is 20.4 Å². The molecule has 0 fully saturated rings. The number of rotatable bonds is 6. The van der Waals surface area contributed by atoms with E-state index in [0.717, 1.165) is 38.9 Å². The molecular formula is C23H23N5OS. The van der Waals surface area contributed by atoms with Gasteiger partial charge in [-0.3, -0.25) is 9.78 Å². The molecule has 1 unspecified atom stereocenters. The van der Waals surface area contributed by atoms with Gasteiger partial charge in [0, 0.05) is 34.6 Å². The fourth-order valence-corrected chi connectivity index (χ4v) is 4.24. The quantitative estimate of drug-likeness (QED) is 0.504. The third-order valence-electron chi connectivity index (χ3n) is 5.03. The zero-order valence-electron chi connectivity index (χ0n) is 17.2. The van der Waals surface area contributed by atoms with Gasteiger partial charge in [-0.05, 0) is 45.0 Å². The van der Waals surface area contributed by atoms with Crippen LogP contribution in [0.2, 0.25) is 0 Å². The van der Waals surface area contributed by atoms with E-state index in [1.165, 1.54) is 0 Å². The minimum Gasteiger partial charge on any atom is -0.347 e. The molecule has 0 bridgehead atoms. The van der Waals surface area contributed by atoms with Gasteiger partial charge in [0.25, 0.3) is 0 Å². The first-order valence-corrected chi connectivity index (χ1v) is 10.7.